The van der Waals surface area contributed by atoms with Gasteiger partial charge in [0.25, 0.3) is 0 Å². The molecule has 5 nitrogen and oxygen atoms in total. The number of hydrogen-bond acceptors (Lipinski definition) is 4. The highest BCUT2D eigenvalue weighted by Crippen LogP contribution is 2.29. The van der Waals surface area contributed by atoms with Crippen molar-refractivity contribution in [2.45, 2.75) is 49.9 Å². The van der Waals surface area contributed by atoms with Crippen molar-refractivity contribution < 1.29 is 14.3 Å². The van der Waals surface area contributed by atoms with Crippen LogP contribution in [0.1, 0.15) is 32.1 Å². The van der Waals surface area contributed by atoms with Crippen molar-refractivity contribution in [2.24, 2.45) is 0 Å². The first-order chi connectivity index (χ1) is 9.10. The molecule has 1 aliphatic heterocycles. The van der Waals surface area contributed by atoms with Gasteiger partial charge < -0.3 is 15.3 Å². The molecule has 0 spiro atoms. The fourth-order valence-corrected chi connectivity index (χ4v) is 2.99. The maximum atomic E-state index is 13.2. The molecule has 0 unspecified atom stereocenters. The van der Waals surface area contributed by atoms with Gasteiger partial charge in [-0.25, -0.2) is 4.39 Å². The Kier molecular flexibility index (Phi) is 4.38. The average molecular weight is 269 g/mol. The summed E-state index contributed by atoms with van der Waals surface area (Å²) < 4.78 is 13.2. The minimum atomic E-state index is -1.10. The second-order valence-electron chi connectivity index (χ2n) is 5.52. The molecule has 1 aliphatic carbocycles. The summed E-state index contributed by atoms with van der Waals surface area (Å²) >= 11 is 0. The summed E-state index contributed by atoms with van der Waals surface area (Å²) in [5, 5.41) is 21.5. The first kappa shape index (κ1) is 14.2. The van der Waals surface area contributed by atoms with E-state index < -0.39 is 12.2 Å². The number of carbonyl (C=O) groups excluding carboxylic acids is 1. The van der Waals surface area contributed by atoms with Gasteiger partial charge in [-0.15, -0.1) is 0 Å². The van der Waals surface area contributed by atoms with E-state index in [1.54, 1.807) is 0 Å². The lowest BCUT2D eigenvalue weighted by Crippen LogP contribution is -2.51. The van der Waals surface area contributed by atoms with Crippen LogP contribution < -0.4 is 5.32 Å². The third kappa shape index (κ3) is 3.04. The molecule has 0 radical (unpaired) electrons. The maximum Gasteiger partial charge on any atom is 0.237 e. The molecule has 0 aromatic carbocycles. The summed E-state index contributed by atoms with van der Waals surface area (Å²) in [6.07, 6.45) is 2.78. The van der Waals surface area contributed by atoms with E-state index in [0.717, 1.165) is 25.7 Å². The largest absolute Gasteiger partial charge is 0.394 e. The van der Waals surface area contributed by atoms with Gasteiger partial charge in [-0.3, -0.25) is 4.79 Å². The van der Waals surface area contributed by atoms with E-state index >= 15 is 0 Å². The number of aliphatic hydroxyl groups is 1. The van der Waals surface area contributed by atoms with Gasteiger partial charge in [-0.2, -0.15) is 5.26 Å². The molecule has 1 saturated heterocycles. The molecule has 19 heavy (non-hydrogen) atoms. The van der Waals surface area contributed by atoms with E-state index in [9.17, 15) is 14.3 Å². The zero-order chi connectivity index (χ0) is 13.9. The number of hydrogen-bond donors (Lipinski definition) is 2. The quantitative estimate of drug-likeness (QED) is 0.772. The van der Waals surface area contributed by atoms with Crippen LogP contribution in [0.2, 0.25) is 0 Å². The minimum Gasteiger partial charge on any atom is -0.394 e. The highest BCUT2D eigenvalue weighted by Gasteiger charge is 2.37. The SMILES string of the molecule is N#C[C@@H]1C[C@H](F)CN1C(=O)CNC1(CO)CCCC1. The van der Waals surface area contributed by atoms with Gasteiger partial charge in [0.1, 0.15) is 12.2 Å². The molecule has 2 rings (SSSR count). The summed E-state index contributed by atoms with van der Waals surface area (Å²) in [4.78, 5) is 13.3. The van der Waals surface area contributed by atoms with E-state index in [4.69, 9.17) is 5.26 Å². The van der Waals surface area contributed by atoms with Crippen molar-refractivity contribution in [1.29, 1.82) is 5.26 Å². The fourth-order valence-electron chi connectivity index (χ4n) is 2.99. The second-order valence-corrected chi connectivity index (χ2v) is 5.52. The van der Waals surface area contributed by atoms with Crippen LogP contribution in [0, 0.1) is 11.3 Å². The highest BCUT2D eigenvalue weighted by atomic mass is 19.1. The lowest BCUT2D eigenvalue weighted by Gasteiger charge is -2.29. The summed E-state index contributed by atoms with van der Waals surface area (Å²) in [6, 6.07) is 1.31. The Morgan fingerprint density at radius 3 is 2.79 bits per heavy atom. The first-order valence-corrected chi connectivity index (χ1v) is 6.79. The van der Waals surface area contributed by atoms with Gasteiger partial charge in [0.15, 0.2) is 0 Å². The molecule has 0 bridgehead atoms. The number of nitrogens with zero attached hydrogens (tertiary/aromatic N) is 2. The van der Waals surface area contributed by atoms with Crippen molar-refractivity contribution in [2.75, 3.05) is 19.7 Å². The smallest absolute Gasteiger partial charge is 0.237 e. The molecule has 1 heterocycles. The summed E-state index contributed by atoms with van der Waals surface area (Å²) in [7, 11) is 0. The molecule has 2 aliphatic rings. The van der Waals surface area contributed by atoms with Crippen LogP contribution in [-0.2, 0) is 4.79 Å². The van der Waals surface area contributed by atoms with E-state index in [-0.39, 0.29) is 37.6 Å². The third-order valence-corrected chi connectivity index (χ3v) is 4.20. The molecule has 0 aromatic heterocycles. The summed E-state index contributed by atoms with van der Waals surface area (Å²) in [5.74, 6) is -0.258. The Balaban J connectivity index is 1.89. The van der Waals surface area contributed by atoms with Crippen molar-refractivity contribution >= 4 is 5.91 Å². The molecule has 1 saturated carbocycles. The zero-order valence-corrected chi connectivity index (χ0v) is 10.9. The molecule has 0 aromatic rings. The van der Waals surface area contributed by atoms with Gasteiger partial charge in [0, 0.05) is 12.0 Å². The Labute approximate surface area is 112 Å². The number of nitrogens with one attached hydrogen (secondary N) is 1. The van der Waals surface area contributed by atoms with Crippen LogP contribution >= 0.6 is 0 Å². The number of likely N-dealkylation sites (tertiary alicyclic amines) is 1. The monoisotopic (exact) mass is 269 g/mol. The molecule has 106 valence electrons. The molecule has 1 amide bonds. The highest BCUT2D eigenvalue weighted by molar-refractivity contribution is 5.79. The maximum absolute atomic E-state index is 13.2. The van der Waals surface area contributed by atoms with Crippen LogP contribution in [0.3, 0.4) is 0 Å². The number of alkyl halides is 1. The predicted molar refractivity (Wildman–Crippen MR) is 66.9 cm³/mol. The van der Waals surface area contributed by atoms with E-state index in [1.807, 2.05) is 6.07 Å². The normalized spacial score (nSPS) is 29.4. The molecule has 2 fully saturated rings. The fraction of sp³-hybridized carbons (Fsp3) is 0.846. The number of rotatable bonds is 4. The van der Waals surface area contributed by atoms with E-state index in [0.29, 0.717) is 0 Å². The molecule has 6 heteroatoms. The Bertz CT molecular complexity index is 377. The van der Waals surface area contributed by atoms with Crippen LogP contribution in [0.25, 0.3) is 0 Å². The van der Waals surface area contributed by atoms with Gasteiger partial charge >= 0.3 is 0 Å². The molecular formula is C13H20FN3O2. The number of nitriles is 1. The average Bonchev–Trinajstić information content (AvgIpc) is 3.03. The topological polar surface area (TPSA) is 76.4 Å². The lowest BCUT2D eigenvalue weighted by atomic mass is 9.99. The van der Waals surface area contributed by atoms with Crippen LogP contribution in [0.15, 0.2) is 0 Å². The summed E-state index contributed by atoms with van der Waals surface area (Å²) in [6.45, 7) is 0.0734. The van der Waals surface area contributed by atoms with E-state index in [2.05, 4.69) is 5.32 Å². The first-order valence-electron chi connectivity index (χ1n) is 6.79. The number of halogens is 1. The van der Waals surface area contributed by atoms with Crippen molar-refractivity contribution in [3.8, 4) is 6.07 Å². The lowest BCUT2D eigenvalue weighted by molar-refractivity contribution is -0.130. The van der Waals surface area contributed by atoms with Gasteiger partial charge in [0.2, 0.25) is 5.91 Å². The van der Waals surface area contributed by atoms with Crippen molar-refractivity contribution in [3.05, 3.63) is 0 Å². The Hall–Kier alpha value is -1.19. The molecular weight excluding hydrogens is 249 g/mol. The number of amides is 1. The van der Waals surface area contributed by atoms with E-state index in [1.165, 1.54) is 4.90 Å². The predicted octanol–water partition coefficient (Wildman–Crippen LogP) is 0.344. The van der Waals surface area contributed by atoms with Gasteiger partial charge in [0.05, 0.1) is 25.8 Å². The minimum absolute atomic E-state index is 0.00483. The van der Waals surface area contributed by atoms with Crippen LogP contribution in [0.5, 0.6) is 0 Å². The molecule has 2 N–H and O–H groups in total. The zero-order valence-electron chi connectivity index (χ0n) is 10.9. The Morgan fingerprint density at radius 2 is 2.21 bits per heavy atom. The number of aliphatic hydroxyl groups excluding tert-OH is 1. The van der Waals surface area contributed by atoms with Crippen molar-refractivity contribution in [1.82, 2.24) is 10.2 Å². The van der Waals surface area contributed by atoms with Crippen LogP contribution in [-0.4, -0.2) is 53.4 Å². The number of carbonyl (C=O) groups is 1. The van der Waals surface area contributed by atoms with Crippen LogP contribution in [0.4, 0.5) is 4.39 Å². The molecule has 2 atom stereocenters. The standard InChI is InChI=1S/C13H20FN3O2/c14-10-5-11(6-15)17(8-10)12(19)7-16-13(9-18)3-1-2-4-13/h10-11,16,18H,1-5,7-9H2/t10-,11-/m0/s1. The third-order valence-electron chi connectivity index (χ3n) is 4.20. The van der Waals surface area contributed by atoms with Gasteiger partial charge in [-0.1, -0.05) is 12.8 Å². The second kappa shape index (κ2) is 5.85. The van der Waals surface area contributed by atoms with Crippen molar-refractivity contribution in [3.63, 3.8) is 0 Å². The Morgan fingerprint density at radius 1 is 1.53 bits per heavy atom. The van der Waals surface area contributed by atoms with Gasteiger partial charge in [-0.05, 0) is 12.8 Å². The summed E-state index contributed by atoms with van der Waals surface area (Å²) in [5.41, 5.74) is -0.368.